The van der Waals surface area contributed by atoms with Gasteiger partial charge in [0.2, 0.25) is 5.95 Å². The van der Waals surface area contributed by atoms with Crippen molar-refractivity contribution in [2.45, 2.75) is 57.8 Å². The van der Waals surface area contributed by atoms with Gasteiger partial charge in [-0.3, -0.25) is 14.3 Å². The first-order valence-corrected chi connectivity index (χ1v) is 15.7. The minimum atomic E-state index is -0.180. The molecule has 240 valence electrons. The highest BCUT2D eigenvalue weighted by Crippen LogP contribution is 2.30. The van der Waals surface area contributed by atoms with E-state index in [9.17, 15) is 10.1 Å². The summed E-state index contributed by atoms with van der Waals surface area (Å²) in [7, 11) is 3.77. The predicted octanol–water partition coefficient (Wildman–Crippen LogP) is 4.94. The molecule has 1 saturated carbocycles. The van der Waals surface area contributed by atoms with Crippen molar-refractivity contribution in [3.63, 3.8) is 0 Å². The van der Waals surface area contributed by atoms with Gasteiger partial charge in [-0.2, -0.15) is 20.4 Å². The third kappa shape index (κ3) is 7.55. The number of carbonyl (C=O) groups excluding carboxylic acids is 1. The van der Waals surface area contributed by atoms with E-state index in [1.807, 2.05) is 80.4 Å². The van der Waals surface area contributed by atoms with Gasteiger partial charge in [0.05, 0.1) is 24.6 Å². The van der Waals surface area contributed by atoms with Crippen molar-refractivity contribution in [3.8, 4) is 17.2 Å². The minimum absolute atomic E-state index is 0.0403. The van der Waals surface area contributed by atoms with Crippen molar-refractivity contribution in [1.82, 2.24) is 39.8 Å². The Morgan fingerprint density at radius 1 is 1.00 bits per heavy atom. The van der Waals surface area contributed by atoms with Crippen molar-refractivity contribution in [1.29, 1.82) is 5.26 Å². The van der Waals surface area contributed by atoms with Gasteiger partial charge in [0.1, 0.15) is 23.3 Å². The van der Waals surface area contributed by atoms with Gasteiger partial charge >= 0.3 is 6.03 Å². The molecule has 3 N–H and O–H groups in total. The molecule has 1 fully saturated rings. The number of carbonyl (C=O) groups is 1. The van der Waals surface area contributed by atoms with Gasteiger partial charge in [-0.05, 0) is 56.4 Å². The quantitative estimate of drug-likeness (QED) is 0.195. The van der Waals surface area contributed by atoms with E-state index in [1.54, 1.807) is 22.0 Å². The van der Waals surface area contributed by atoms with E-state index >= 15 is 0 Å². The van der Waals surface area contributed by atoms with Gasteiger partial charge in [0.25, 0.3) is 0 Å². The fourth-order valence-electron chi connectivity index (χ4n) is 5.81. The van der Waals surface area contributed by atoms with Crippen LogP contribution >= 0.6 is 0 Å². The van der Waals surface area contributed by atoms with Crippen LogP contribution in [-0.4, -0.2) is 52.6 Å². The van der Waals surface area contributed by atoms with E-state index in [-0.39, 0.29) is 18.1 Å². The maximum atomic E-state index is 13.7. The largest absolute Gasteiger partial charge is 0.363 e. The van der Waals surface area contributed by atoms with Crippen LogP contribution in [-0.2, 0) is 27.2 Å². The number of rotatable bonds is 10. The second kappa shape index (κ2) is 14.1. The summed E-state index contributed by atoms with van der Waals surface area (Å²) in [4.78, 5) is 29.3. The second-order valence-electron chi connectivity index (χ2n) is 11.8. The molecule has 13 nitrogen and oxygen atoms in total. The first-order valence-electron chi connectivity index (χ1n) is 15.7. The summed E-state index contributed by atoms with van der Waals surface area (Å²) in [5.41, 5.74) is 5.21. The Kier molecular flexibility index (Phi) is 9.38. The smallest absolute Gasteiger partial charge is 0.323 e. The van der Waals surface area contributed by atoms with Crippen molar-refractivity contribution < 1.29 is 4.79 Å². The Bertz CT molecular complexity index is 1830. The molecule has 1 aliphatic rings. The number of nitrogens with zero attached hydrogens (tertiary/aromatic N) is 9. The molecule has 4 aromatic heterocycles. The molecule has 0 aliphatic heterocycles. The van der Waals surface area contributed by atoms with E-state index < -0.39 is 0 Å². The van der Waals surface area contributed by atoms with Crippen molar-refractivity contribution in [3.05, 3.63) is 95.8 Å². The minimum Gasteiger partial charge on any atom is -0.363 e. The summed E-state index contributed by atoms with van der Waals surface area (Å²) >= 11 is 0. The van der Waals surface area contributed by atoms with Crippen LogP contribution in [0.1, 0.15) is 48.2 Å². The molecular weight excluding hydrogens is 592 g/mol. The molecule has 0 spiro atoms. The van der Waals surface area contributed by atoms with Gasteiger partial charge in [0, 0.05) is 61.9 Å². The monoisotopic (exact) mass is 630 g/mol. The Labute approximate surface area is 273 Å². The summed E-state index contributed by atoms with van der Waals surface area (Å²) in [6.45, 7) is 2.86. The fourth-order valence-corrected chi connectivity index (χ4v) is 5.81. The van der Waals surface area contributed by atoms with Gasteiger partial charge in [-0.25, -0.2) is 14.8 Å². The lowest BCUT2D eigenvalue weighted by Crippen LogP contribution is -2.49. The molecule has 0 unspecified atom stereocenters. The van der Waals surface area contributed by atoms with Crippen LogP contribution in [0.25, 0.3) is 11.1 Å². The van der Waals surface area contributed by atoms with Crippen molar-refractivity contribution >= 4 is 23.6 Å². The molecule has 13 heteroatoms. The Morgan fingerprint density at radius 2 is 1.81 bits per heavy atom. The molecular formula is C34H38N12O. The van der Waals surface area contributed by atoms with Crippen LogP contribution < -0.4 is 20.9 Å². The molecule has 4 heterocycles. The Hall–Kier alpha value is -5.77. The number of nitrogens with one attached hydrogen (secondary N) is 3. The number of urea groups is 1. The van der Waals surface area contributed by atoms with Gasteiger partial charge in [0.15, 0.2) is 0 Å². The molecule has 0 atom stereocenters. The summed E-state index contributed by atoms with van der Waals surface area (Å²) in [6, 6.07) is 17.8. The van der Waals surface area contributed by atoms with Crippen molar-refractivity contribution in [2.24, 2.45) is 14.1 Å². The maximum absolute atomic E-state index is 13.7. The summed E-state index contributed by atoms with van der Waals surface area (Å²) in [5, 5.41) is 28.1. The highest BCUT2D eigenvalue weighted by Gasteiger charge is 2.31. The van der Waals surface area contributed by atoms with E-state index in [0.29, 0.717) is 36.2 Å². The summed E-state index contributed by atoms with van der Waals surface area (Å²) < 4.78 is 3.56. The zero-order valence-electron chi connectivity index (χ0n) is 26.8. The molecule has 5 aromatic rings. The lowest BCUT2D eigenvalue weighted by molar-refractivity contribution is 0.240. The molecule has 0 saturated heterocycles. The maximum Gasteiger partial charge on any atom is 0.323 e. The first-order chi connectivity index (χ1) is 22.9. The molecule has 1 aromatic carbocycles. The van der Waals surface area contributed by atoms with E-state index in [1.165, 1.54) is 6.20 Å². The number of benzene rings is 1. The normalized spacial score (nSPS) is 15.9. The van der Waals surface area contributed by atoms with Gasteiger partial charge < -0.3 is 16.0 Å². The molecule has 6 rings (SSSR count). The number of pyridine rings is 1. The van der Waals surface area contributed by atoms with E-state index in [2.05, 4.69) is 42.2 Å². The van der Waals surface area contributed by atoms with Crippen LogP contribution in [0.15, 0.2) is 73.3 Å². The van der Waals surface area contributed by atoms with Crippen molar-refractivity contribution in [2.75, 3.05) is 15.5 Å². The average Bonchev–Trinajstić information content (AvgIpc) is 3.68. The summed E-state index contributed by atoms with van der Waals surface area (Å²) in [5.74, 6) is 1.52. The lowest BCUT2D eigenvalue weighted by Gasteiger charge is -2.36. The number of aryl methyl sites for hydroxylation is 3. The number of nitriles is 1. The molecule has 0 bridgehead atoms. The average molecular weight is 631 g/mol. The SMILES string of the molecule is Cc1cc(CNc2nc(N[C@H]3CC[C@H](N(C(=O)NCc4ccccc4)c4ccc(-c5cnn(C)c5)cn4)CC3)ncc2C#N)nn1C. The molecule has 0 radical (unpaired) electrons. The van der Waals surface area contributed by atoms with Crippen LogP contribution in [0.2, 0.25) is 0 Å². The Morgan fingerprint density at radius 3 is 2.47 bits per heavy atom. The number of hydrogen-bond donors (Lipinski definition) is 3. The van der Waals surface area contributed by atoms with Crippen LogP contribution in [0, 0.1) is 18.3 Å². The van der Waals surface area contributed by atoms with Crippen LogP contribution in [0.3, 0.4) is 0 Å². The van der Waals surface area contributed by atoms with Crippen LogP contribution in [0.5, 0.6) is 0 Å². The zero-order chi connectivity index (χ0) is 32.8. The first kappa shape index (κ1) is 31.2. The lowest BCUT2D eigenvalue weighted by atomic mass is 9.90. The zero-order valence-corrected chi connectivity index (χ0v) is 26.8. The summed E-state index contributed by atoms with van der Waals surface area (Å²) in [6.07, 6.45) is 10.2. The number of aromatic nitrogens is 7. The topological polar surface area (TPSA) is 154 Å². The number of anilines is 3. The molecule has 1 aliphatic carbocycles. The number of hydrogen-bond acceptors (Lipinski definition) is 9. The molecule has 2 amide bonds. The second-order valence-corrected chi connectivity index (χ2v) is 11.8. The van der Waals surface area contributed by atoms with E-state index in [0.717, 1.165) is 53.8 Å². The highest BCUT2D eigenvalue weighted by molar-refractivity contribution is 5.91. The Balaban J connectivity index is 1.13. The third-order valence-corrected chi connectivity index (χ3v) is 8.44. The number of amides is 2. The van der Waals surface area contributed by atoms with Gasteiger partial charge in [-0.1, -0.05) is 30.3 Å². The fraction of sp³-hybridized carbons (Fsp3) is 0.324. The molecule has 47 heavy (non-hydrogen) atoms. The third-order valence-electron chi connectivity index (χ3n) is 8.44. The van der Waals surface area contributed by atoms with Crippen LogP contribution in [0.4, 0.5) is 22.4 Å². The highest BCUT2D eigenvalue weighted by atomic mass is 16.2. The van der Waals surface area contributed by atoms with E-state index in [4.69, 9.17) is 4.98 Å². The van der Waals surface area contributed by atoms with Gasteiger partial charge in [-0.15, -0.1) is 0 Å². The predicted molar refractivity (Wildman–Crippen MR) is 179 cm³/mol. The standard InChI is InChI=1S/C34H38N12O/c1-23-15-29(43-45(23)3)21-37-32-26(16-35)19-38-33(42-32)41-28-10-12-30(13-11-28)46(34(47)39-17-24-7-5-4-6-8-24)31-14-9-25(18-36-31)27-20-40-44(2)22-27/h4-9,14-15,18-20,22,28,30H,10-13,17,21H2,1-3H3,(H,39,47)(H2,37,38,41,42)/t28-,30-.